The quantitative estimate of drug-likeness (QED) is 0.492. The second kappa shape index (κ2) is 9.52. The number of hydrogen-bond donors (Lipinski definition) is 1. The van der Waals surface area contributed by atoms with Gasteiger partial charge in [-0.15, -0.1) is 0 Å². The predicted molar refractivity (Wildman–Crippen MR) is 115 cm³/mol. The van der Waals surface area contributed by atoms with E-state index < -0.39 is 6.08 Å². The molecule has 2 N–H and O–H groups in total. The van der Waals surface area contributed by atoms with Crippen LogP contribution in [-0.4, -0.2) is 53.6 Å². The molecular weight excluding hydrogens is 429 g/mol. The number of rotatable bonds is 9. The summed E-state index contributed by atoms with van der Waals surface area (Å²) in [6.45, 7) is 4.64. The number of aromatic nitrogens is 4. The highest BCUT2D eigenvalue weighted by Gasteiger charge is 2.23. The molecule has 0 aliphatic rings. The molecule has 3 rings (SSSR count). The molecule has 0 aliphatic heterocycles. The number of halogens is 2. The van der Waals surface area contributed by atoms with Gasteiger partial charge in [0.25, 0.3) is 0 Å². The minimum atomic E-state index is -0.923. The number of ether oxygens (including phenoxy) is 4. The molecule has 11 heteroatoms. The van der Waals surface area contributed by atoms with Gasteiger partial charge in [0.15, 0.2) is 28.5 Å². The third kappa shape index (κ3) is 4.59. The molecule has 0 fully saturated rings. The monoisotopic (exact) mass is 453 g/mol. The van der Waals surface area contributed by atoms with E-state index >= 15 is 0 Å². The zero-order valence-electron chi connectivity index (χ0n) is 18.0. The van der Waals surface area contributed by atoms with Crippen molar-refractivity contribution in [2.24, 2.45) is 0 Å². The standard InChI is InChI=1S/C20H25ClFN5O4/c1-10(2)31-7-6-27-13(24-15-18(23)25-20(22)26-19(15)27)9-11-8-12(28-3)16(29-4)17(30-5)14(11)21/h8,10H,6-7,9H2,1-5H3,(H2,23,25,26). The van der Waals surface area contributed by atoms with Gasteiger partial charge in [0, 0.05) is 13.0 Å². The summed E-state index contributed by atoms with van der Waals surface area (Å²) in [5.41, 5.74) is 7.16. The number of nitrogens with zero attached hydrogens (tertiary/aromatic N) is 4. The zero-order valence-corrected chi connectivity index (χ0v) is 18.8. The van der Waals surface area contributed by atoms with Crippen molar-refractivity contribution in [1.29, 1.82) is 0 Å². The minimum Gasteiger partial charge on any atom is -0.493 e. The van der Waals surface area contributed by atoms with Gasteiger partial charge in [-0.1, -0.05) is 11.6 Å². The van der Waals surface area contributed by atoms with Gasteiger partial charge in [0.05, 0.1) is 39.1 Å². The average Bonchev–Trinajstić information content (AvgIpc) is 3.06. The number of nitrogens with two attached hydrogens (primary N) is 1. The molecule has 0 amide bonds. The van der Waals surface area contributed by atoms with Crippen LogP contribution >= 0.6 is 11.6 Å². The lowest BCUT2D eigenvalue weighted by atomic mass is 10.1. The largest absolute Gasteiger partial charge is 0.493 e. The molecule has 0 radical (unpaired) electrons. The van der Waals surface area contributed by atoms with E-state index in [1.165, 1.54) is 21.3 Å². The highest BCUT2D eigenvalue weighted by atomic mass is 35.5. The first-order chi connectivity index (χ1) is 14.8. The Morgan fingerprint density at radius 3 is 2.42 bits per heavy atom. The number of imidazole rings is 1. The van der Waals surface area contributed by atoms with Crippen LogP contribution < -0.4 is 19.9 Å². The molecule has 168 valence electrons. The van der Waals surface area contributed by atoms with Crippen LogP contribution in [0.5, 0.6) is 17.2 Å². The molecule has 1 aromatic carbocycles. The summed E-state index contributed by atoms with van der Waals surface area (Å²) in [5, 5.41) is 0.349. The predicted octanol–water partition coefficient (Wildman–Crippen LogP) is 3.24. The van der Waals surface area contributed by atoms with Crippen LogP contribution in [0.4, 0.5) is 10.2 Å². The first-order valence-corrected chi connectivity index (χ1v) is 9.95. The van der Waals surface area contributed by atoms with E-state index in [4.69, 9.17) is 36.3 Å². The van der Waals surface area contributed by atoms with Crippen molar-refractivity contribution in [2.45, 2.75) is 32.9 Å². The van der Waals surface area contributed by atoms with Gasteiger partial charge in [-0.2, -0.15) is 14.4 Å². The molecule has 2 aromatic heterocycles. The Bertz CT molecular complexity index is 1090. The van der Waals surface area contributed by atoms with Crippen LogP contribution in [0.3, 0.4) is 0 Å². The van der Waals surface area contributed by atoms with E-state index in [0.29, 0.717) is 52.3 Å². The lowest BCUT2D eigenvalue weighted by Crippen LogP contribution is -2.14. The van der Waals surface area contributed by atoms with E-state index in [2.05, 4.69) is 15.0 Å². The van der Waals surface area contributed by atoms with Crippen molar-refractivity contribution in [3.63, 3.8) is 0 Å². The van der Waals surface area contributed by atoms with Crippen molar-refractivity contribution in [2.75, 3.05) is 33.7 Å². The fourth-order valence-electron chi connectivity index (χ4n) is 3.26. The van der Waals surface area contributed by atoms with Crippen LogP contribution in [0.15, 0.2) is 6.07 Å². The van der Waals surface area contributed by atoms with Gasteiger partial charge in [-0.3, -0.25) is 0 Å². The summed E-state index contributed by atoms with van der Waals surface area (Å²) in [7, 11) is 4.51. The minimum absolute atomic E-state index is 0.0386. The molecule has 0 saturated heterocycles. The smallest absolute Gasteiger partial charge is 0.312 e. The Morgan fingerprint density at radius 2 is 1.81 bits per heavy atom. The van der Waals surface area contributed by atoms with Gasteiger partial charge in [0.2, 0.25) is 5.75 Å². The van der Waals surface area contributed by atoms with Crippen LogP contribution in [0.25, 0.3) is 11.2 Å². The fraction of sp³-hybridized carbons (Fsp3) is 0.450. The van der Waals surface area contributed by atoms with Crippen LogP contribution in [-0.2, 0) is 17.7 Å². The van der Waals surface area contributed by atoms with E-state index in [-0.39, 0.29) is 24.0 Å². The Kier molecular flexibility index (Phi) is 7.01. The second-order valence-electron chi connectivity index (χ2n) is 6.94. The van der Waals surface area contributed by atoms with Crippen molar-refractivity contribution in [3.8, 4) is 17.2 Å². The first kappa shape index (κ1) is 22.8. The third-order valence-electron chi connectivity index (χ3n) is 4.63. The summed E-state index contributed by atoms with van der Waals surface area (Å²) in [6.07, 6.45) is -0.609. The third-order valence-corrected chi connectivity index (χ3v) is 5.05. The maximum atomic E-state index is 13.9. The molecule has 0 unspecified atom stereocenters. The van der Waals surface area contributed by atoms with Gasteiger partial charge in [-0.25, -0.2) is 4.98 Å². The van der Waals surface area contributed by atoms with Crippen molar-refractivity contribution in [1.82, 2.24) is 19.5 Å². The number of anilines is 1. The Morgan fingerprint density at radius 1 is 1.10 bits per heavy atom. The topological polar surface area (TPSA) is 107 Å². The molecule has 0 saturated carbocycles. The molecule has 2 heterocycles. The molecule has 9 nitrogen and oxygen atoms in total. The average molecular weight is 454 g/mol. The molecule has 0 spiro atoms. The van der Waals surface area contributed by atoms with Gasteiger partial charge >= 0.3 is 6.08 Å². The Hall–Kier alpha value is -2.85. The maximum absolute atomic E-state index is 13.9. The Labute approximate surface area is 184 Å². The highest BCUT2D eigenvalue weighted by Crippen LogP contribution is 2.45. The van der Waals surface area contributed by atoms with E-state index in [9.17, 15) is 4.39 Å². The summed E-state index contributed by atoms with van der Waals surface area (Å²) >= 11 is 6.59. The maximum Gasteiger partial charge on any atom is 0.312 e. The van der Waals surface area contributed by atoms with Crippen LogP contribution in [0, 0.1) is 6.08 Å². The van der Waals surface area contributed by atoms with Crippen molar-refractivity contribution in [3.05, 3.63) is 28.6 Å². The van der Waals surface area contributed by atoms with Crippen LogP contribution in [0.2, 0.25) is 5.02 Å². The summed E-state index contributed by atoms with van der Waals surface area (Å²) < 4.78 is 37.5. The molecular formula is C20H25ClFN5O4. The molecule has 3 aromatic rings. The van der Waals surface area contributed by atoms with Gasteiger partial charge < -0.3 is 29.2 Å². The van der Waals surface area contributed by atoms with E-state index in [1.54, 1.807) is 10.6 Å². The van der Waals surface area contributed by atoms with Crippen LogP contribution in [0.1, 0.15) is 25.2 Å². The normalized spacial score (nSPS) is 11.4. The Balaban J connectivity index is 2.11. The lowest BCUT2D eigenvalue weighted by Gasteiger charge is -2.17. The highest BCUT2D eigenvalue weighted by molar-refractivity contribution is 6.33. The summed E-state index contributed by atoms with van der Waals surface area (Å²) in [4.78, 5) is 12.0. The van der Waals surface area contributed by atoms with Gasteiger partial charge in [0.1, 0.15) is 5.82 Å². The number of hydrogen-bond acceptors (Lipinski definition) is 8. The molecule has 0 aliphatic carbocycles. The second-order valence-corrected chi connectivity index (χ2v) is 7.32. The lowest BCUT2D eigenvalue weighted by molar-refractivity contribution is 0.0728. The van der Waals surface area contributed by atoms with E-state index in [0.717, 1.165) is 0 Å². The number of fused-ring (bicyclic) bond motifs is 1. The van der Waals surface area contributed by atoms with E-state index in [1.807, 2.05) is 13.8 Å². The summed E-state index contributed by atoms with van der Waals surface area (Å²) in [5.74, 6) is 1.70. The fourth-order valence-corrected chi connectivity index (χ4v) is 3.54. The zero-order chi connectivity index (χ0) is 22.7. The number of nitrogen functional groups attached to an aromatic ring is 1. The van der Waals surface area contributed by atoms with Crippen molar-refractivity contribution < 1.29 is 23.3 Å². The van der Waals surface area contributed by atoms with Crippen molar-refractivity contribution >= 4 is 28.6 Å². The molecule has 0 atom stereocenters. The molecule has 31 heavy (non-hydrogen) atoms. The molecule has 0 bridgehead atoms. The SMILES string of the molecule is COc1cc(Cc2nc3c(N)nc(F)nc3n2CCOC(C)C)c(Cl)c(OC)c1OC. The number of benzene rings is 1. The van der Waals surface area contributed by atoms with Gasteiger partial charge in [-0.05, 0) is 25.5 Å². The number of methoxy groups -OCH3 is 3. The first-order valence-electron chi connectivity index (χ1n) is 9.57. The summed E-state index contributed by atoms with van der Waals surface area (Å²) in [6, 6.07) is 1.74.